The second-order valence-electron chi connectivity index (χ2n) is 6.62. The molecule has 0 aliphatic rings. The first-order chi connectivity index (χ1) is 14.3. The number of halogens is 1. The summed E-state index contributed by atoms with van der Waals surface area (Å²) in [7, 11) is -0.889. The lowest BCUT2D eigenvalue weighted by Gasteiger charge is -2.18. The first-order valence-corrected chi connectivity index (χ1v) is 10.5. The lowest BCUT2D eigenvalue weighted by atomic mass is 10.1. The van der Waals surface area contributed by atoms with Crippen molar-refractivity contribution in [1.29, 1.82) is 0 Å². The number of hydrogen-bond acceptors (Lipinski definition) is 4. The Bertz CT molecular complexity index is 1150. The Balaban J connectivity index is 1.80. The number of methoxy groups -OCH3 is 1. The Morgan fingerprint density at radius 2 is 1.73 bits per heavy atom. The second kappa shape index (κ2) is 8.96. The molecule has 0 fully saturated rings. The van der Waals surface area contributed by atoms with Crippen molar-refractivity contribution in [3.63, 3.8) is 0 Å². The highest BCUT2D eigenvalue weighted by Crippen LogP contribution is 2.26. The molecule has 0 radical (unpaired) electrons. The molecule has 0 spiro atoms. The number of ether oxygens (including phenoxy) is 1. The summed E-state index contributed by atoms with van der Waals surface area (Å²) >= 11 is 0. The Hall–Kier alpha value is -3.39. The number of nitrogens with one attached hydrogen (secondary N) is 1. The minimum absolute atomic E-state index is 0.0468. The van der Waals surface area contributed by atoms with E-state index in [1.165, 1.54) is 42.3 Å². The van der Waals surface area contributed by atoms with Crippen LogP contribution in [0.1, 0.15) is 15.9 Å². The predicted octanol–water partition coefficient (Wildman–Crippen LogP) is 3.91. The topological polar surface area (TPSA) is 75.7 Å². The van der Waals surface area contributed by atoms with Gasteiger partial charge in [0, 0.05) is 19.2 Å². The molecule has 0 atom stereocenters. The third kappa shape index (κ3) is 4.96. The minimum atomic E-state index is -3.93. The molecule has 8 heteroatoms. The van der Waals surface area contributed by atoms with Gasteiger partial charge in [0.2, 0.25) is 0 Å². The Kier molecular flexibility index (Phi) is 6.37. The molecule has 1 N–H and O–H groups in total. The van der Waals surface area contributed by atoms with Gasteiger partial charge in [0.15, 0.2) is 0 Å². The van der Waals surface area contributed by atoms with Gasteiger partial charge >= 0.3 is 0 Å². The van der Waals surface area contributed by atoms with E-state index in [0.29, 0.717) is 11.4 Å². The van der Waals surface area contributed by atoms with Crippen molar-refractivity contribution in [3.05, 3.63) is 89.7 Å². The molecule has 0 heterocycles. The minimum Gasteiger partial charge on any atom is -0.495 e. The zero-order valence-corrected chi connectivity index (χ0v) is 17.3. The van der Waals surface area contributed by atoms with Crippen molar-refractivity contribution in [2.45, 2.75) is 11.4 Å². The van der Waals surface area contributed by atoms with Crippen molar-refractivity contribution in [1.82, 2.24) is 4.90 Å². The van der Waals surface area contributed by atoms with Gasteiger partial charge in [-0.3, -0.25) is 9.52 Å². The monoisotopic (exact) mass is 428 g/mol. The molecule has 0 aliphatic heterocycles. The van der Waals surface area contributed by atoms with E-state index >= 15 is 0 Å². The van der Waals surface area contributed by atoms with Crippen molar-refractivity contribution in [2.24, 2.45) is 0 Å². The van der Waals surface area contributed by atoms with Gasteiger partial charge in [0.25, 0.3) is 15.9 Å². The molecule has 156 valence electrons. The summed E-state index contributed by atoms with van der Waals surface area (Å²) in [5, 5.41) is 0. The smallest absolute Gasteiger partial charge is 0.262 e. The number of anilines is 1. The second-order valence-corrected chi connectivity index (χ2v) is 8.30. The van der Waals surface area contributed by atoms with Crippen molar-refractivity contribution < 1.29 is 22.3 Å². The number of hydrogen-bond donors (Lipinski definition) is 1. The number of carbonyl (C=O) groups is 1. The van der Waals surface area contributed by atoms with Crippen molar-refractivity contribution in [2.75, 3.05) is 18.9 Å². The van der Waals surface area contributed by atoms with E-state index in [4.69, 9.17) is 4.74 Å². The molecule has 0 unspecified atom stereocenters. The molecule has 0 saturated carbocycles. The molecular formula is C22H21FN2O4S. The number of para-hydroxylation sites is 2. The number of sulfonamides is 1. The van der Waals surface area contributed by atoms with Crippen LogP contribution in [0.5, 0.6) is 5.75 Å². The average molecular weight is 428 g/mol. The highest BCUT2D eigenvalue weighted by molar-refractivity contribution is 7.92. The summed E-state index contributed by atoms with van der Waals surface area (Å²) in [6.45, 7) is 0.259. The van der Waals surface area contributed by atoms with Gasteiger partial charge in [-0.15, -0.1) is 0 Å². The fourth-order valence-corrected chi connectivity index (χ4v) is 4.00. The average Bonchev–Trinajstić information content (AvgIpc) is 2.75. The van der Waals surface area contributed by atoms with E-state index in [1.807, 2.05) is 0 Å². The molecule has 3 aromatic rings. The summed E-state index contributed by atoms with van der Waals surface area (Å²) in [4.78, 5) is 14.2. The van der Waals surface area contributed by atoms with Crippen molar-refractivity contribution in [3.8, 4) is 5.75 Å². The Morgan fingerprint density at radius 1 is 1.03 bits per heavy atom. The molecule has 0 bridgehead atoms. The molecule has 0 aliphatic carbocycles. The third-order valence-corrected chi connectivity index (χ3v) is 5.79. The van der Waals surface area contributed by atoms with E-state index in [1.54, 1.807) is 49.5 Å². The van der Waals surface area contributed by atoms with E-state index in [2.05, 4.69) is 4.72 Å². The van der Waals surface area contributed by atoms with Crippen LogP contribution in [-0.4, -0.2) is 33.4 Å². The van der Waals surface area contributed by atoms with Crippen LogP contribution in [-0.2, 0) is 16.6 Å². The SMILES string of the molecule is COc1ccccc1NS(=O)(=O)c1cccc(C(=O)N(C)Cc2ccc(F)cc2)c1. The maximum Gasteiger partial charge on any atom is 0.262 e. The number of benzene rings is 3. The predicted molar refractivity (Wildman–Crippen MR) is 112 cm³/mol. The molecule has 0 aromatic heterocycles. The normalized spacial score (nSPS) is 11.0. The molecule has 0 saturated heterocycles. The van der Waals surface area contributed by atoms with Gasteiger partial charge in [0.1, 0.15) is 11.6 Å². The standard InChI is InChI=1S/C22H21FN2O4S/c1-25(15-16-10-12-18(23)13-11-16)22(26)17-6-5-7-19(14-17)30(27,28)24-20-8-3-4-9-21(20)29-2/h3-14,24H,15H2,1-2H3. The Labute approximate surface area is 175 Å². The van der Waals surface area contributed by atoms with Gasteiger partial charge in [-0.1, -0.05) is 30.3 Å². The molecule has 30 heavy (non-hydrogen) atoms. The molecular weight excluding hydrogens is 407 g/mol. The first-order valence-electron chi connectivity index (χ1n) is 9.06. The van der Waals surface area contributed by atoms with Gasteiger partial charge < -0.3 is 9.64 Å². The van der Waals surface area contributed by atoms with Crippen LogP contribution in [0.25, 0.3) is 0 Å². The molecule has 6 nitrogen and oxygen atoms in total. The maximum absolute atomic E-state index is 13.1. The molecule has 3 rings (SSSR count). The van der Waals surface area contributed by atoms with Crippen LogP contribution < -0.4 is 9.46 Å². The largest absolute Gasteiger partial charge is 0.495 e. The molecule has 3 aromatic carbocycles. The lowest BCUT2D eigenvalue weighted by Crippen LogP contribution is -2.26. The summed E-state index contributed by atoms with van der Waals surface area (Å²) in [6.07, 6.45) is 0. The summed E-state index contributed by atoms with van der Waals surface area (Å²) in [6, 6.07) is 18.3. The summed E-state index contributed by atoms with van der Waals surface area (Å²) in [5.41, 5.74) is 1.28. The van der Waals surface area contributed by atoms with E-state index < -0.39 is 10.0 Å². The van der Waals surface area contributed by atoms with Crippen LogP contribution in [0.2, 0.25) is 0 Å². The fourth-order valence-electron chi connectivity index (χ4n) is 2.88. The molecule has 1 amide bonds. The summed E-state index contributed by atoms with van der Waals surface area (Å²) < 4.78 is 46.3. The zero-order chi connectivity index (χ0) is 21.7. The van der Waals surface area contributed by atoms with Gasteiger partial charge in [-0.25, -0.2) is 12.8 Å². The zero-order valence-electron chi connectivity index (χ0n) is 16.5. The van der Waals surface area contributed by atoms with E-state index in [0.717, 1.165) is 5.56 Å². The highest BCUT2D eigenvalue weighted by atomic mass is 32.2. The summed E-state index contributed by atoms with van der Waals surface area (Å²) in [5.74, 6) is -0.325. The van der Waals surface area contributed by atoms with E-state index in [9.17, 15) is 17.6 Å². The first kappa shape index (κ1) is 21.3. The lowest BCUT2D eigenvalue weighted by molar-refractivity contribution is 0.0785. The highest BCUT2D eigenvalue weighted by Gasteiger charge is 2.19. The Morgan fingerprint density at radius 3 is 2.43 bits per heavy atom. The van der Waals surface area contributed by atoms with Gasteiger partial charge in [0.05, 0.1) is 17.7 Å². The van der Waals surface area contributed by atoms with Crippen molar-refractivity contribution >= 4 is 21.6 Å². The van der Waals surface area contributed by atoms with Gasteiger partial charge in [-0.2, -0.15) is 0 Å². The number of carbonyl (C=O) groups excluding carboxylic acids is 1. The number of amides is 1. The fraction of sp³-hybridized carbons (Fsp3) is 0.136. The maximum atomic E-state index is 13.1. The van der Waals surface area contributed by atoms with Crippen LogP contribution in [0.4, 0.5) is 10.1 Å². The van der Waals surface area contributed by atoms with Gasteiger partial charge in [-0.05, 0) is 48.0 Å². The van der Waals surface area contributed by atoms with Crippen LogP contribution in [0.3, 0.4) is 0 Å². The third-order valence-electron chi connectivity index (χ3n) is 4.42. The number of rotatable bonds is 7. The van der Waals surface area contributed by atoms with Crippen LogP contribution in [0.15, 0.2) is 77.7 Å². The van der Waals surface area contributed by atoms with Crippen LogP contribution in [0, 0.1) is 5.82 Å². The quantitative estimate of drug-likeness (QED) is 0.619. The van der Waals surface area contributed by atoms with E-state index in [-0.39, 0.29) is 28.7 Å². The number of nitrogens with zero attached hydrogens (tertiary/aromatic N) is 1. The van der Waals surface area contributed by atoms with Crippen LogP contribution >= 0.6 is 0 Å².